The Morgan fingerprint density at radius 3 is 2.38 bits per heavy atom. The van der Waals surface area contributed by atoms with Gasteiger partial charge in [-0.05, 0) is 55.7 Å². The Hall–Kier alpha value is -2.20. The van der Waals surface area contributed by atoms with Gasteiger partial charge in [0.2, 0.25) is 0 Å². The fraction of sp³-hybridized carbons (Fsp3) is 0.316. The number of aryl methyl sites for hydroxylation is 3. The summed E-state index contributed by atoms with van der Waals surface area (Å²) in [5, 5.41) is 9.39. The molecule has 0 saturated heterocycles. The van der Waals surface area contributed by atoms with Gasteiger partial charge in [-0.15, -0.1) is 0 Å². The molecule has 0 atom stereocenters. The Bertz CT molecular complexity index is 713. The predicted octanol–water partition coefficient (Wildman–Crippen LogP) is 4.43. The second kappa shape index (κ2) is 8.60. The lowest BCUT2D eigenvalue weighted by Gasteiger charge is -2.13. The van der Waals surface area contributed by atoms with Crippen LogP contribution in [-0.4, -0.2) is 24.3 Å². The van der Waals surface area contributed by atoms with Gasteiger partial charge >= 0.3 is 5.97 Å². The van der Waals surface area contributed by atoms with Crippen molar-refractivity contribution in [3.05, 3.63) is 58.1 Å². The maximum absolute atomic E-state index is 10.7. The largest absolute Gasteiger partial charge is 0.490 e. The Morgan fingerprint density at radius 1 is 1.04 bits per heavy atom. The minimum absolute atomic E-state index is 0.0375. The first-order valence-corrected chi connectivity index (χ1v) is 8.16. The first kappa shape index (κ1) is 18.1. The second-order valence-electron chi connectivity index (χ2n) is 5.61. The number of hydrogen-bond acceptors (Lipinski definition) is 3. The molecule has 0 aromatic heterocycles. The van der Waals surface area contributed by atoms with Crippen molar-refractivity contribution in [1.29, 1.82) is 0 Å². The van der Waals surface area contributed by atoms with Gasteiger partial charge in [0.15, 0.2) is 0 Å². The Balaban J connectivity index is 1.90. The Morgan fingerprint density at radius 2 is 1.71 bits per heavy atom. The second-order valence-corrected chi connectivity index (χ2v) is 6.05. The van der Waals surface area contributed by atoms with Crippen LogP contribution in [0.3, 0.4) is 0 Å². The summed E-state index contributed by atoms with van der Waals surface area (Å²) in [5.41, 5.74) is 3.07. The zero-order chi connectivity index (χ0) is 17.5. The summed E-state index contributed by atoms with van der Waals surface area (Å²) in [7, 11) is 0. The van der Waals surface area contributed by atoms with Gasteiger partial charge in [0.1, 0.15) is 24.7 Å². The van der Waals surface area contributed by atoms with Gasteiger partial charge in [-0.2, -0.15) is 0 Å². The zero-order valence-electron chi connectivity index (χ0n) is 13.8. The number of carbonyl (C=O) groups is 1. The van der Waals surface area contributed by atoms with E-state index >= 15 is 0 Å². The first-order valence-electron chi connectivity index (χ1n) is 7.79. The molecular formula is C19H21ClO4. The molecule has 1 N–H and O–H groups in total. The van der Waals surface area contributed by atoms with Crippen LogP contribution in [0.15, 0.2) is 36.4 Å². The molecule has 0 aliphatic heterocycles. The molecule has 0 unspecified atom stereocenters. The molecule has 4 nitrogen and oxygen atoms in total. The maximum Gasteiger partial charge on any atom is 0.303 e. The number of benzene rings is 2. The number of hydrogen-bond donors (Lipinski definition) is 1. The van der Waals surface area contributed by atoms with Crippen molar-refractivity contribution >= 4 is 17.6 Å². The van der Waals surface area contributed by atoms with Gasteiger partial charge in [-0.1, -0.05) is 29.3 Å². The highest BCUT2D eigenvalue weighted by molar-refractivity contribution is 6.30. The summed E-state index contributed by atoms with van der Waals surface area (Å²) in [6, 6.07) is 11.3. The highest BCUT2D eigenvalue weighted by Gasteiger charge is 2.08. The molecule has 0 saturated carbocycles. The number of aliphatic carboxylic acids is 1. The summed E-state index contributed by atoms with van der Waals surface area (Å²) < 4.78 is 11.5. The molecule has 0 spiro atoms. The van der Waals surface area contributed by atoms with Crippen LogP contribution in [0.4, 0.5) is 0 Å². The number of rotatable bonds is 8. The minimum Gasteiger partial charge on any atom is -0.490 e. The number of halogens is 1. The molecule has 0 radical (unpaired) electrons. The Labute approximate surface area is 147 Å². The van der Waals surface area contributed by atoms with E-state index in [1.54, 1.807) is 18.2 Å². The molecule has 2 aromatic carbocycles. The van der Waals surface area contributed by atoms with E-state index in [9.17, 15) is 4.79 Å². The molecule has 0 amide bonds. The van der Waals surface area contributed by atoms with Crippen molar-refractivity contribution in [3.63, 3.8) is 0 Å². The smallest absolute Gasteiger partial charge is 0.303 e. The molecule has 0 aliphatic carbocycles. The molecule has 0 bridgehead atoms. The van der Waals surface area contributed by atoms with E-state index in [-0.39, 0.29) is 6.42 Å². The molecule has 0 fully saturated rings. The van der Waals surface area contributed by atoms with Crippen molar-refractivity contribution < 1.29 is 19.4 Å². The summed E-state index contributed by atoms with van der Waals surface area (Å²) >= 11 is 5.98. The lowest BCUT2D eigenvalue weighted by Crippen LogP contribution is -2.11. The molecule has 0 aliphatic rings. The van der Waals surface area contributed by atoms with Crippen molar-refractivity contribution in [2.45, 2.75) is 26.7 Å². The van der Waals surface area contributed by atoms with Gasteiger partial charge in [0.05, 0.1) is 0 Å². The predicted molar refractivity (Wildman–Crippen MR) is 94.3 cm³/mol. The van der Waals surface area contributed by atoms with E-state index in [1.165, 1.54) is 5.56 Å². The molecule has 2 aromatic rings. The lowest BCUT2D eigenvalue weighted by molar-refractivity contribution is -0.136. The average molecular weight is 349 g/mol. The standard InChI is InChI=1S/C19H21ClO4/c1-13-3-6-17(14(2)11-13)23-9-10-24-18-7-5-16(20)12-15(18)4-8-19(21)22/h3,5-7,11-12H,4,8-10H2,1-2H3,(H,21,22). The van der Waals surface area contributed by atoms with E-state index in [4.69, 9.17) is 26.2 Å². The van der Waals surface area contributed by atoms with E-state index in [0.717, 1.165) is 16.9 Å². The van der Waals surface area contributed by atoms with Crippen molar-refractivity contribution in [1.82, 2.24) is 0 Å². The van der Waals surface area contributed by atoms with Crippen LogP contribution in [0.2, 0.25) is 5.02 Å². The van der Waals surface area contributed by atoms with Crippen LogP contribution < -0.4 is 9.47 Å². The van der Waals surface area contributed by atoms with Crippen LogP contribution in [0, 0.1) is 13.8 Å². The normalized spacial score (nSPS) is 10.5. The lowest BCUT2D eigenvalue weighted by atomic mass is 10.1. The Kier molecular flexibility index (Phi) is 6.50. The van der Waals surface area contributed by atoms with E-state index in [1.807, 2.05) is 26.0 Å². The molecule has 2 rings (SSSR count). The molecule has 24 heavy (non-hydrogen) atoms. The van der Waals surface area contributed by atoms with E-state index < -0.39 is 5.97 Å². The molecule has 0 heterocycles. The summed E-state index contributed by atoms with van der Waals surface area (Å²) in [4.78, 5) is 10.7. The third-order valence-electron chi connectivity index (χ3n) is 3.56. The topological polar surface area (TPSA) is 55.8 Å². The molecule has 128 valence electrons. The summed E-state index contributed by atoms with van der Waals surface area (Å²) in [5.74, 6) is 0.635. The van der Waals surface area contributed by atoms with Gasteiger partial charge in [0, 0.05) is 11.4 Å². The fourth-order valence-corrected chi connectivity index (χ4v) is 2.59. The molecule has 5 heteroatoms. The van der Waals surface area contributed by atoms with Crippen LogP contribution in [0.1, 0.15) is 23.1 Å². The fourth-order valence-electron chi connectivity index (χ4n) is 2.39. The van der Waals surface area contributed by atoms with Crippen LogP contribution >= 0.6 is 11.6 Å². The average Bonchev–Trinajstić information content (AvgIpc) is 2.52. The number of carboxylic acids is 1. The quantitative estimate of drug-likeness (QED) is 0.717. The highest BCUT2D eigenvalue weighted by Crippen LogP contribution is 2.24. The van der Waals surface area contributed by atoms with Crippen molar-refractivity contribution in [2.75, 3.05) is 13.2 Å². The SMILES string of the molecule is Cc1ccc(OCCOc2ccc(Cl)cc2CCC(=O)O)c(C)c1. The highest BCUT2D eigenvalue weighted by atomic mass is 35.5. The van der Waals surface area contributed by atoms with Crippen LogP contribution in [0.25, 0.3) is 0 Å². The van der Waals surface area contributed by atoms with Crippen molar-refractivity contribution in [2.24, 2.45) is 0 Å². The minimum atomic E-state index is -0.848. The van der Waals surface area contributed by atoms with Crippen molar-refractivity contribution in [3.8, 4) is 11.5 Å². The molecular weight excluding hydrogens is 328 g/mol. The summed E-state index contributed by atoms with van der Waals surface area (Å²) in [6.07, 6.45) is 0.416. The monoisotopic (exact) mass is 348 g/mol. The van der Waals surface area contributed by atoms with E-state index in [2.05, 4.69) is 6.07 Å². The van der Waals surface area contributed by atoms with Gasteiger partial charge in [0.25, 0.3) is 0 Å². The van der Waals surface area contributed by atoms with Gasteiger partial charge in [-0.25, -0.2) is 0 Å². The third kappa shape index (κ3) is 5.46. The van der Waals surface area contributed by atoms with Crippen LogP contribution in [0.5, 0.6) is 11.5 Å². The number of carboxylic acid groups (broad SMARTS) is 1. The van der Waals surface area contributed by atoms with Gasteiger partial charge in [-0.3, -0.25) is 4.79 Å². The summed E-state index contributed by atoms with van der Waals surface area (Å²) in [6.45, 7) is 4.82. The first-order chi connectivity index (χ1) is 11.5. The van der Waals surface area contributed by atoms with E-state index in [0.29, 0.717) is 30.4 Å². The maximum atomic E-state index is 10.7. The van der Waals surface area contributed by atoms with Crippen LogP contribution in [-0.2, 0) is 11.2 Å². The zero-order valence-corrected chi connectivity index (χ0v) is 14.6. The van der Waals surface area contributed by atoms with Gasteiger partial charge < -0.3 is 14.6 Å². The third-order valence-corrected chi connectivity index (χ3v) is 3.79. The number of ether oxygens (including phenoxy) is 2.